The predicted molar refractivity (Wildman–Crippen MR) is 103 cm³/mol. The monoisotopic (exact) mass is 385 g/mol. The maximum absolute atomic E-state index is 12.4. The highest BCUT2D eigenvalue weighted by Crippen LogP contribution is 2.32. The van der Waals surface area contributed by atoms with E-state index in [0.29, 0.717) is 27.3 Å². The molecule has 0 radical (unpaired) electrons. The number of pyridine rings is 1. The molecule has 0 aliphatic rings. The molecule has 3 N–H and O–H groups in total. The van der Waals surface area contributed by atoms with Crippen LogP contribution in [0.25, 0.3) is 10.9 Å². The number of esters is 1. The Balaban J connectivity index is 2.21. The Morgan fingerprint density at radius 2 is 2.04 bits per heavy atom. The third-order valence-corrected chi connectivity index (χ3v) is 4.29. The number of carbonyl (C=O) groups is 2. The normalized spacial score (nSPS) is 10.6. The molecule has 0 bridgehead atoms. The van der Waals surface area contributed by atoms with E-state index >= 15 is 0 Å². The van der Waals surface area contributed by atoms with Crippen LogP contribution in [0.3, 0.4) is 0 Å². The van der Waals surface area contributed by atoms with Crippen molar-refractivity contribution in [1.29, 1.82) is 0 Å². The summed E-state index contributed by atoms with van der Waals surface area (Å²) >= 11 is 6.22. The molecule has 0 atom stereocenters. The van der Waals surface area contributed by atoms with Gasteiger partial charge in [-0.15, -0.1) is 0 Å². The van der Waals surface area contributed by atoms with Gasteiger partial charge in [-0.2, -0.15) is 0 Å². The molecular formula is C20H18ClN2O4+. The molecule has 1 aromatic heterocycles. The standard InChI is InChI=1S/C20H17ClN2O4/c1-3-27-20(26)16-10-22-17-11(2)7-13(21)9-15(17)18(16)23-14-6-4-5-12(8-14)19(24)25/h4-10H,3H2,1-2H3,(H,22,23)(H,24,25)/p+1. The zero-order valence-electron chi connectivity index (χ0n) is 14.8. The largest absolute Gasteiger partial charge is 0.478 e. The average molecular weight is 386 g/mol. The maximum Gasteiger partial charge on any atom is 0.346 e. The average Bonchev–Trinajstić information content (AvgIpc) is 2.62. The quantitative estimate of drug-likeness (QED) is 0.641. The summed E-state index contributed by atoms with van der Waals surface area (Å²) in [5.74, 6) is -1.53. The summed E-state index contributed by atoms with van der Waals surface area (Å²) in [6.45, 7) is 3.87. The summed E-state index contributed by atoms with van der Waals surface area (Å²) in [6, 6.07) is 9.91. The van der Waals surface area contributed by atoms with E-state index in [0.717, 1.165) is 11.1 Å². The second-order valence-corrected chi connectivity index (χ2v) is 6.39. The molecule has 138 valence electrons. The molecule has 1 heterocycles. The summed E-state index contributed by atoms with van der Waals surface area (Å²) in [4.78, 5) is 26.8. The summed E-state index contributed by atoms with van der Waals surface area (Å²) in [5, 5.41) is 13.6. The van der Waals surface area contributed by atoms with Gasteiger partial charge < -0.3 is 15.2 Å². The lowest BCUT2D eigenvalue weighted by atomic mass is 10.1. The Morgan fingerprint density at radius 3 is 2.74 bits per heavy atom. The fourth-order valence-electron chi connectivity index (χ4n) is 2.87. The zero-order chi connectivity index (χ0) is 19.6. The molecule has 0 spiro atoms. The number of aryl methyl sites for hydroxylation is 1. The molecule has 0 saturated carbocycles. The van der Waals surface area contributed by atoms with E-state index < -0.39 is 11.9 Å². The van der Waals surface area contributed by atoms with Gasteiger partial charge in [-0.3, -0.25) is 0 Å². The molecule has 6 nitrogen and oxygen atoms in total. The molecule has 3 rings (SSSR count). The van der Waals surface area contributed by atoms with Gasteiger partial charge in [0.05, 0.1) is 23.2 Å². The number of carbonyl (C=O) groups excluding carboxylic acids is 1. The second kappa shape index (κ2) is 7.63. The first kappa shape index (κ1) is 18.7. The molecule has 0 saturated heterocycles. The molecule has 7 heteroatoms. The summed E-state index contributed by atoms with van der Waals surface area (Å²) in [7, 11) is 0. The molecular weight excluding hydrogens is 368 g/mol. The molecule has 3 aromatic rings. The number of aromatic nitrogens is 1. The van der Waals surface area contributed by atoms with Crippen LogP contribution in [0.5, 0.6) is 0 Å². The van der Waals surface area contributed by atoms with Gasteiger partial charge in [0.1, 0.15) is 5.56 Å². The molecule has 0 aliphatic heterocycles. The van der Waals surface area contributed by atoms with Gasteiger partial charge >= 0.3 is 11.9 Å². The first-order valence-corrected chi connectivity index (χ1v) is 8.70. The Hall–Kier alpha value is -3.12. The number of rotatable bonds is 5. The van der Waals surface area contributed by atoms with Gasteiger partial charge in [-0.05, 0) is 44.2 Å². The number of anilines is 2. The first-order chi connectivity index (χ1) is 12.9. The van der Waals surface area contributed by atoms with Crippen molar-refractivity contribution in [3.8, 4) is 0 Å². The van der Waals surface area contributed by atoms with Gasteiger partial charge in [0.15, 0.2) is 6.20 Å². The van der Waals surface area contributed by atoms with E-state index in [1.807, 2.05) is 13.0 Å². The smallest absolute Gasteiger partial charge is 0.346 e. The lowest BCUT2D eigenvalue weighted by molar-refractivity contribution is -0.345. The topological polar surface area (TPSA) is 89.8 Å². The number of fused-ring (bicyclic) bond motifs is 1. The van der Waals surface area contributed by atoms with Crippen LogP contribution < -0.4 is 10.3 Å². The number of hydrogen-bond acceptors (Lipinski definition) is 4. The SMILES string of the molecule is CCOC(=O)c1c[nH+]c2c(C)cc(Cl)cc2c1Nc1cccc(C(=O)O)c1. The highest BCUT2D eigenvalue weighted by atomic mass is 35.5. The molecule has 0 amide bonds. The van der Waals surface area contributed by atoms with Crippen LogP contribution in [0, 0.1) is 6.92 Å². The van der Waals surface area contributed by atoms with Gasteiger partial charge in [0.2, 0.25) is 5.52 Å². The van der Waals surface area contributed by atoms with Gasteiger partial charge in [-0.25, -0.2) is 14.6 Å². The maximum atomic E-state index is 12.4. The Bertz CT molecular complexity index is 1050. The van der Waals surface area contributed by atoms with Crippen LogP contribution in [0.1, 0.15) is 33.2 Å². The molecule has 0 unspecified atom stereocenters. The lowest BCUT2D eigenvalue weighted by Crippen LogP contribution is -2.15. The van der Waals surface area contributed by atoms with Crippen LogP contribution in [0.2, 0.25) is 5.02 Å². The van der Waals surface area contributed by atoms with Crippen LogP contribution in [0.15, 0.2) is 42.6 Å². The number of carboxylic acids is 1. The van der Waals surface area contributed by atoms with Crippen LogP contribution in [0.4, 0.5) is 11.4 Å². The number of benzene rings is 2. The lowest BCUT2D eigenvalue weighted by Gasteiger charge is -2.13. The third-order valence-electron chi connectivity index (χ3n) is 4.07. The Labute approximate surface area is 160 Å². The predicted octanol–water partition coefficient (Wildman–Crippen LogP) is 4.23. The molecule has 0 fully saturated rings. The number of halogens is 1. The van der Waals surface area contributed by atoms with E-state index in [9.17, 15) is 14.7 Å². The van der Waals surface area contributed by atoms with Crippen molar-refractivity contribution in [2.45, 2.75) is 13.8 Å². The van der Waals surface area contributed by atoms with Crippen molar-refractivity contribution >= 4 is 45.8 Å². The van der Waals surface area contributed by atoms with Crippen molar-refractivity contribution in [1.82, 2.24) is 0 Å². The number of hydrogen-bond donors (Lipinski definition) is 2. The van der Waals surface area contributed by atoms with Gasteiger partial charge in [0, 0.05) is 16.3 Å². The van der Waals surface area contributed by atoms with Crippen LogP contribution >= 0.6 is 11.6 Å². The minimum absolute atomic E-state index is 0.138. The van der Waals surface area contributed by atoms with Gasteiger partial charge in [0.25, 0.3) is 0 Å². The number of aromatic carboxylic acids is 1. The number of ether oxygens (including phenoxy) is 1. The molecule has 0 aliphatic carbocycles. The van der Waals surface area contributed by atoms with E-state index in [2.05, 4.69) is 10.3 Å². The van der Waals surface area contributed by atoms with Crippen LogP contribution in [-0.4, -0.2) is 23.7 Å². The number of H-pyrrole nitrogens is 1. The Morgan fingerprint density at radius 1 is 1.26 bits per heavy atom. The fourth-order valence-corrected chi connectivity index (χ4v) is 3.15. The minimum Gasteiger partial charge on any atom is -0.478 e. The fraction of sp³-hybridized carbons (Fsp3) is 0.150. The van der Waals surface area contributed by atoms with E-state index in [-0.39, 0.29) is 12.2 Å². The summed E-state index contributed by atoms with van der Waals surface area (Å²) in [6.07, 6.45) is 1.57. The van der Waals surface area contributed by atoms with E-state index in [1.165, 1.54) is 12.1 Å². The summed E-state index contributed by atoms with van der Waals surface area (Å²) < 4.78 is 5.15. The van der Waals surface area contributed by atoms with Crippen molar-refractivity contribution in [3.05, 3.63) is 64.3 Å². The third kappa shape index (κ3) is 3.85. The van der Waals surface area contributed by atoms with Crippen LogP contribution in [-0.2, 0) is 4.74 Å². The van der Waals surface area contributed by atoms with E-state index in [1.54, 1.807) is 31.3 Å². The minimum atomic E-state index is -1.03. The second-order valence-electron chi connectivity index (χ2n) is 5.95. The zero-order valence-corrected chi connectivity index (χ0v) is 15.6. The molecule has 2 aromatic carbocycles. The number of carboxylic acid groups (broad SMARTS) is 1. The van der Waals surface area contributed by atoms with Crippen molar-refractivity contribution in [3.63, 3.8) is 0 Å². The van der Waals surface area contributed by atoms with Crippen molar-refractivity contribution in [2.24, 2.45) is 0 Å². The Kier molecular flexibility index (Phi) is 5.28. The highest BCUT2D eigenvalue weighted by Gasteiger charge is 2.22. The number of nitrogens with one attached hydrogen (secondary N) is 2. The first-order valence-electron chi connectivity index (χ1n) is 8.32. The van der Waals surface area contributed by atoms with Gasteiger partial charge in [-0.1, -0.05) is 17.7 Å². The van der Waals surface area contributed by atoms with Crippen molar-refractivity contribution in [2.75, 3.05) is 11.9 Å². The van der Waals surface area contributed by atoms with E-state index in [4.69, 9.17) is 16.3 Å². The summed E-state index contributed by atoms with van der Waals surface area (Å²) in [5.41, 5.74) is 3.19. The highest BCUT2D eigenvalue weighted by molar-refractivity contribution is 6.31. The number of aromatic amines is 1. The molecule has 27 heavy (non-hydrogen) atoms. The van der Waals surface area contributed by atoms with Crippen molar-refractivity contribution < 1.29 is 24.4 Å².